The molecule has 7 heteroatoms. The van der Waals surface area contributed by atoms with E-state index in [-0.39, 0.29) is 11.2 Å². The van der Waals surface area contributed by atoms with Crippen molar-refractivity contribution in [2.75, 3.05) is 26.2 Å². The molecule has 4 nitrogen and oxygen atoms in total. The molecule has 0 amide bonds. The van der Waals surface area contributed by atoms with E-state index < -0.39 is 6.61 Å². The van der Waals surface area contributed by atoms with E-state index in [1.54, 1.807) is 19.1 Å². The molecule has 1 atom stereocenters. The molecule has 1 aliphatic rings. The van der Waals surface area contributed by atoms with Crippen molar-refractivity contribution in [2.45, 2.75) is 33.4 Å². The standard InChI is InChI=1S/C16H23BrF2N2O2/c1-3-22-13-7-11(6-12(17)14(13)23-15(18)19)8-21-5-4-16(2,9-20)10-21/h6-7,15H,3-5,8-10,20H2,1-2H3. The van der Waals surface area contributed by atoms with Gasteiger partial charge in [0.25, 0.3) is 0 Å². The largest absolute Gasteiger partial charge is 0.490 e. The van der Waals surface area contributed by atoms with Crippen molar-refractivity contribution in [1.82, 2.24) is 4.90 Å². The molecule has 0 bridgehead atoms. The van der Waals surface area contributed by atoms with E-state index in [4.69, 9.17) is 10.5 Å². The van der Waals surface area contributed by atoms with Crippen LogP contribution in [0.3, 0.4) is 0 Å². The third-order valence-electron chi connectivity index (χ3n) is 4.11. The number of benzene rings is 1. The summed E-state index contributed by atoms with van der Waals surface area (Å²) in [5, 5.41) is 0. The Morgan fingerprint density at radius 1 is 1.43 bits per heavy atom. The van der Waals surface area contributed by atoms with E-state index in [2.05, 4.69) is 32.5 Å². The van der Waals surface area contributed by atoms with Crippen molar-refractivity contribution in [3.63, 3.8) is 0 Å². The molecule has 1 unspecified atom stereocenters. The molecule has 0 aliphatic carbocycles. The number of ether oxygens (including phenoxy) is 2. The zero-order chi connectivity index (χ0) is 17.0. The van der Waals surface area contributed by atoms with Gasteiger partial charge >= 0.3 is 6.61 Å². The molecule has 0 radical (unpaired) electrons. The Bertz CT molecular complexity index is 545. The first-order valence-electron chi connectivity index (χ1n) is 7.69. The topological polar surface area (TPSA) is 47.7 Å². The number of rotatable bonds is 7. The van der Waals surface area contributed by atoms with Crippen molar-refractivity contribution >= 4 is 15.9 Å². The van der Waals surface area contributed by atoms with Crippen molar-refractivity contribution in [1.29, 1.82) is 0 Å². The zero-order valence-electron chi connectivity index (χ0n) is 13.4. The third-order valence-corrected chi connectivity index (χ3v) is 4.70. The van der Waals surface area contributed by atoms with Crippen LogP contribution in [-0.4, -0.2) is 37.8 Å². The highest BCUT2D eigenvalue weighted by Crippen LogP contribution is 2.39. The van der Waals surface area contributed by atoms with Gasteiger partial charge in [-0.1, -0.05) is 6.92 Å². The van der Waals surface area contributed by atoms with E-state index in [1.165, 1.54) is 0 Å². The maximum absolute atomic E-state index is 12.6. The van der Waals surface area contributed by atoms with Crippen molar-refractivity contribution in [3.05, 3.63) is 22.2 Å². The molecule has 0 aromatic heterocycles. The summed E-state index contributed by atoms with van der Waals surface area (Å²) in [6.45, 7) is 4.78. The van der Waals surface area contributed by atoms with Gasteiger partial charge in [-0.25, -0.2) is 0 Å². The minimum absolute atomic E-state index is 0.0406. The lowest BCUT2D eigenvalue weighted by atomic mass is 9.90. The number of nitrogens with zero attached hydrogens (tertiary/aromatic N) is 1. The third kappa shape index (κ3) is 4.78. The summed E-state index contributed by atoms with van der Waals surface area (Å²) in [5.74, 6) is 0.372. The second-order valence-corrected chi connectivity index (χ2v) is 7.05. The van der Waals surface area contributed by atoms with Crippen LogP contribution in [0.25, 0.3) is 0 Å². The number of hydrogen-bond acceptors (Lipinski definition) is 4. The van der Waals surface area contributed by atoms with Gasteiger partial charge in [0.15, 0.2) is 11.5 Å². The Hall–Kier alpha value is -0.920. The molecule has 1 fully saturated rings. The average molecular weight is 393 g/mol. The predicted molar refractivity (Wildman–Crippen MR) is 89.0 cm³/mol. The van der Waals surface area contributed by atoms with Gasteiger partial charge in [0.05, 0.1) is 11.1 Å². The van der Waals surface area contributed by atoms with Crippen LogP contribution in [0.15, 0.2) is 16.6 Å². The van der Waals surface area contributed by atoms with Crippen LogP contribution in [0.1, 0.15) is 25.8 Å². The molecule has 1 saturated heterocycles. The van der Waals surface area contributed by atoms with Crippen LogP contribution in [-0.2, 0) is 6.54 Å². The molecule has 1 aromatic carbocycles. The molecule has 130 valence electrons. The Kier molecular flexibility index (Phi) is 6.22. The summed E-state index contributed by atoms with van der Waals surface area (Å²) in [6, 6.07) is 3.57. The molecule has 23 heavy (non-hydrogen) atoms. The summed E-state index contributed by atoms with van der Waals surface area (Å²) >= 11 is 3.31. The Morgan fingerprint density at radius 2 is 2.17 bits per heavy atom. The highest BCUT2D eigenvalue weighted by atomic mass is 79.9. The summed E-state index contributed by atoms with van der Waals surface area (Å²) in [7, 11) is 0. The van der Waals surface area contributed by atoms with Gasteiger partial charge in [0.1, 0.15) is 0 Å². The van der Waals surface area contributed by atoms with Gasteiger partial charge in [0.2, 0.25) is 0 Å². The van der Waals surface area contributed by atoms with E-state index >= 15 is 0 Å². The molecule has 2 N–H and O–H groups in total. The Labute approximate surface area is 144 Å². The molecular formula is C16H23BrF2N2O2. The van der Waals surface area contributed by atoms with E-state index in [0.717, 1.165) is 31.6 Å². The molecule has 1 heterocycles. The summed E-state index contributed by atoms with van der Waals surface area (Å²) in [5.41, 5.74) is 6.98. The molecular weight excluding hydrogens is 370 g/mol. The number of likely N-dealkylation sites (tertiary alicyclic amines) is 1. The monoisotopic (exact) mass is 392 g/mol. The fourth-order valence-electron chi connectivity index (χ4n) is 2.86. The first kappa shape index (κ1) is 18.4. The number of halogens is 3. The first-order valence-corrected chi connectivity index (χ1v) is 8.48. The molecule has 1 aliphatic heterocycles. The molecule has 2 rings (SSSR count). The lowest BCUT2D eigenvalue weighted by Gasteiger charge is -2.23. The maximum Gasteiger partial charge on any atom is 0.387 e. The van der Waals surface area contributed by atoms with Gasteiger partial charge < -0.3 is 15.2 Å². The van der Waals surface area contributed by atoms with Crippen molar-refractivity contribution < 1.29 is 18.3 Å². The highest BCUT2D eigenvalue weighted by molar-refractivity contribution is 9.10. The van der Waals surface area contributed by atoms with E-state index in [0.29, 0.717) is 23.4 Å². The van der Waals surface area contributed by atoms with Crippen LogP contribution in [0.2, 0.25) is 0 Å². The van der Waals surface area contributed by atoms with Crippen LogP contribution in [0.5, 0.6) is 11.5 Å². The van der Waals surface area contributed by atoms with E-state index in [1.807, 2.05) is 0 Å². The summed E-state index contributed by atoms with van der Waals surface area (Å²) < 4.78 is 35.6. The molecule has 0 saturated carbocycles. The predicted octanol–water partition coefficient (Wildman–Crippen LogP) is 3.62. The highest BCUT2D eigenvalue weighted by Gasteiger charge is 2.32. The second-order valence-electron chi connectivity index (χ2n) is 6.19. The first-order chi connectivity index (χ1) is 10.9. The minimum Gasteiger partial charge on any atom is -0.490 e. The number of alkyl halides is 2. The fraction of sp³-hybridized carbons (Fsp3) is 0.625. The molecule has 1 aromatic rings. The maximum atomic E-state index is 12.6. The minimum atomic E-state index is -2.89. The lowest BCUT2D eigenvalue weighted by Crippen LogP contribution is -2.31. The van der Waals surface area contributed by atoms with Gasteiger partial charge in [-0.3, -0.25) is 4.90 Å². The second kappa shape index (κ2) is 7.77. The zero-order valence-corrected chi connectivity index (χ0v) is 15.0. The van der Waals surface area contributed by atoms with Crippen LogP contribution >= 0.6 is 15.9 Å². The van der Waals surface area contributed by atoms with Crippen LogP contribution in [0.4, 0.5) is 8.78 Å². The molecule has 0 spiro atoms. The van der Waals surface area contributed by atoms with E-state index in [9.17, 15) is 8.78 Å². The smallest absolute Gasteiger partial charge is 0.387 e. The van der Waals surface area contributed by atoms with Crippen molar-refractivity contribution in [2.24, 2.45) is 11.1 Å². The quantitative estimate of drug-likeness (QED) is 0.769. The van der Waals surface area contributed by atoms with Gasteiger partial charge in [-0.15, -0.1) is 0 Å². The summed E-state index contributed by atoms with van der Waals surface area (Å²) in [4.78, 5) is 2.32. The van der Waals surface area contributed by atoms with Crippen LogP contribution in [0, 0.1) is 5.41 Å². The number of hydrogen-bond donors (Lipinski definition) is 1. The lowest BCUT2D eigenvalue weighted by molar-refractivity contribution is -0.0519. The normalized spacial score (nSPS) is 21.9. The Morgan fingerprint density at radius 3 is 2.74 bits per heavy atom. The fourth-order valence-corrected chi connectivity index (χ4v) is 3.45. The van der Waals surface area contributed by atoms with Crippen molar-refractivity contribution in [3.8, 4) is 11.5 Å². The average Bonchev–Trinajstić information content (AvgIpc) is 2.85. The number of nitrogens with two attached hydrogens (primary N) is 1. The van der Waals surface area contributed by atoms with Crippen LogP contribution < -0.4 is 15.2 Å². The van der Waals surface area contributed by atoms with Gasteiger partial charge in [-0.05, 0) is 65.5 Å². The summed E-state index contributed by atoms with van der Waals surface area (Å²) in [6.07, 6.45) is 1.07. The van der Waals surface area contributed by atoms with Gasteiger partial charge in [-0.2, -0.15) is 8.78 Å². The SMILES string of the molecule is CCOc1cc(CN2CCC(C)(CN)C2)cc(Br)c1OC(F)F. The Balaban J connectivity index is 2.17. The van der Waals surface area contributed by atoms with Gasteiger partial charge in [0, 0.05) is 13.1 Å².